The molecule has 0 atom stereocenters. The summed E-state index contributed by atoms with van der Waals surface area (Å²) in [5.41, 5.74) is 0.174. The van der Waals surface area contributed by atoms with E-state index in [9.17, 15) is 9.90 Å². The molecule has 0 aliphatic carbocycles. The average molecular weight is 307 g/mol. The monoisotopic (exact) mass is 307 g/mol. The lowest BCUT2D eigenvalue weighted by Crippen LogP contribution is -2.25. The Bertz CT molecular complexity index is 341. The average Bonchev–Trinajstić information content (AvgIpc) is 2.14. The fourth-order valence-electron chi connectivity index (χ4n) is 0.968. The summed E-state index contributed by atoms with van der Waals surface area (Å²) in [5.74, 6) is -0.608. The topological polar surface area (TPSA) is 69.6 Å². The van der Waals surface area contributed by atoms with Crippen molar-refractivity contribution in [2.75, 3.05) is 11.0 Å². The van der Waals surface area contributed by atoms with Gasteiger partial charge in [-0.3, -0.25) is 4.79 Å². The highest BCUT2D eigenvalue weighted by Crippen LogP contribution is 2.22. The number of aromatic hydroxyl groups is 2. The number of hydrogen-bond donors (Lipinski definition) is 3. The van der Waals surface area contributed by atoms with Gasteiger partial charge in [-0.05, 0) is 12.1 Å². The highest BCUT2D eigenvalue weighted by Gasteiger charge is 2.10. The van der Waals surface area contributed by atoms with E-state index in [1.807, 2.05) is 0 Å². The lowest BCUT2D eigenvalue weighted by Gasteiger charge is -2.05. The number of benzene rings is 1. The molecule has 5 heteroatoms. The molecule has 0 saturated carbocycles. The second-order valence-corrected chi connectivity index (χ2v) is 3.73. The number of alkyl halides is 1. The fraction of sp³-hybridized carbons (Fsp3) is 0.222. The number of rotatable bonds is 3. The number of halogens is 1. The first-order chi connectivity index (χ1) is 6.65. The number of carbonyl (C=O) groups excluding carboxylic acids is 1. The molecule has 1 aromatic rings. The molecule has 4 nitrogen and oxygen atoms in total. The SMILES string of the molecule is O=C(NCCI)c1ccc(O)cc1O. The number of phenols is 2. The second-order valence-electron chi connectivity index (χ2n) is 2.65. The van der Waals surface area contributed by atoms with Gasteiger partial charge in [0, 0.05) is 17.0 Å². The molecule has 0 unspecified atom stereocenters. The van der Waals surface area contributed by atoms with E-state index in [-0.39, 0.29) is 23.0 Å². The van der Waals surface area contributed by atoms with Crippen LogP contribution in [0.1, 0.15) is 10.4 Å². The van der Waals surface area contributed by atoms with E-state index in [4.69, 9.17) is 5.11 Å². The summed E-state index contributed by atoms with van der Waals surface area (Å²) in [6.45, 7) is 0.555. The molecule has 3 N–H and O–H groups in total. The molecule has 1 aromatic carbocycles. The van der Waals surface area contributed by atoms with Crippen molar-refractivity contribution < 1.29 is 15.0 Å². The third kappa shape index (κ3) is 2.76. The highest BCUT2D eigenvalue weighted by atomic mass is 127. The van der Waals surface area contributed by atoms with Crippen molar-refractivity contribution in [1.29, 1.82) is 0 Å². The second kappa shape index (κ2) is 5.04. The Morgan fingerprint density at radius 2 is 2.14 bits per heavy atom. The van der Waals surface area contributed by atoms with E-state index in [1.165, 1.54) is 12.1 Å². The molecule has 0 bridgehead atoms. The lowest BCUT2D eigenvalue weighted by molar-refractivity contribution is 0.0954. The Morgan fingerprint density at radius 3 is 2.71 bits per heavy atom. The van der Waals surface area contributed by atoms with Crippen LogP contribution in [-0.4, -0.2) is 27.1 Å². The predicted molar refractivity (Wildman–Crippen MR) is 61.0 cm³/mol. The summed E-state index contributed by atoms with van der Waals surface area (Å²) in [7, 11) is 0. The quantitative estimate of drug-likeness (QED) is 0.582. The molecule has 0 heterocycles. The van der Waals surface area contributed by atoms with E-state index in [1.54, 1.807) is 0 Å². The van der Waals surface area contributed by atoms with Gasteiger partial charge in [-0.25, -0.2) is 0 Å². The maximum Gasteiger partial charge on any atom is 0.255 e. The number of carbonyl (C=O) groups is 1. The first kappa shape index (κ1) is 11.1. The molecule has 0 radical (unpaired) electrons. The molecule has 14 heavy (non-hydrogen) atoms. The highest BCUT2D eigenvalue weighted by molar-refractivity contribution is 14.1. The first-order valence-electron chi connectivity index (χ1n) is 4.01. The van der Waals surface area contributed by atoms with E-state index >= 15 is 0 Å². The van der Waals surface area contributed by atoms with Crippen LogP contribution in [0.15, 0.2) is 18.2 Å². The van der Waals surface area contributed by atoms with Gasteiger partial charge >= 0.3 is 0 Å². The summed E-state index contributed by atoms with van der Waals surface area (Å²) in [5, 5.41) is 21.0. The van der Waals surface area contributed by atoms with Gasteiger partial charge in [-0.15, -0.1) is 0 Å². The summed E-state index contributed by atoms with van der Waals surface area (Å²) < 4.78 is 0.808. The van der Waals surface area contributed by atoms with E-state index in [0.717, 1.165) is 10.5 Å². The van der Waals surface area contributed by atoms with Crippen LogP contribution >= 0.6 is 22.6 Å². The van der Waals surface area contributed by atoms with Crippen molar-refractivity contribution in [2.45, 2.75) is 0 Å². The largest absolute Gasteiger partial charge is 0.508 e. The Balaban J connectivity index is 2.80. The molecule has 0 aliphatic heterocycles. The van der Waals surface area contributed by atoms with Crippen LogP contribution in [0.4, 0.5) is 0 Å². The van der Waals surface area contributed by atoms with Crippen molar-refractivity contribution in [3.63, 3.8) is 0 Å². The molecule has 0 spiro atoms. The molecule has 1 rings (SSSR count). The Labute approximate surface area is 95.1 Å². The minimum Gasteiger partial charge on any atom is -0.508 e. The summed E-state index contributed by atoms with van der Waals surface area (Å²) in [6.07, 6.45) is 0. The van der Waals surface area contributed by atoms with Crippen LogP contribution in [0.5, 0.6) is 11.5 Å². The van der Waals surface area contributed by atoms with Gasteiger partial charge in [0.15, 0.2) is 0 Å². The van der Waals surface area contributed by atoms with E-state index in [2.05, 4.69) is 27.9 Å². The standard InChI is InChI=1S/C9H10INO3/c10-3-4-11-9(14)7-2-1-6(12)5-8(7)13/h1-2,5,12-13H,3-4H2,(H,11,14). The van der Waals surface area contributed by atoms with Crippen molar-refractivity contribution >= 4 is 28.5 Å². The zero-order chi connectivity index (χ0) is 10.6. The molecular formula is C9H10INO3. The smallest absolute Gasteiger partial charge is 0.255 e. The van der Waals surface area contributed by atoms with Crippen LogP contribution in [0.25, 0.3) is 0 Å². The van der Waals surface area contributed by atoms with Crippen LogP contribution < -0.4 is 5.32 Å². The Hall–Kier alpha value is -0.980. The minimum absolute atomic E-state index is 0.0621. The van der Waals surface area contributed by atoms with Crippen molar-refractivity contribution in [3.8, 4) is 11.5 Å². The molecule has 1 amide bonds. The van der Waals surface area contributed by atoms with Gasteiger partial charge in [0.1, 0.15) is 11.5 Å². The minimum atomic E-state index is -0.334. The van der Waals surface area contributed by atoms with Crippen molar-refractivity contribution in [3.05, 3.63) is 23.8 Å². The number of hydrogen-bond acceptors (Lipinski definition) is 3. The summed E-state index contributed by atoms with van der Waals surface area (Å²) >= 11 is 2.14. The zero-order valence-corrected chi connectivity index (χ0v) is 9.48. The molecule has 0 aromatic heterocycles. The van der Waals surface area contributed by atoms with Crippen LogP contribution in [-0.2, 0) is 0 Å². The molecule has 0 fully saturated rings. The van der Waals surface area contributed by atoms with Crippen LogP contribution in [0, 0.1) is 0 Å². The summed E-state index contributed by atoms with van der Waals surface area (Å²) in [6, 6.07) is 3.88. The van der Waals surface area contributed by atoms with Crippen LogP contribution in [0.3, 0.4) is 0 Å². The third-order valence-electron chi connectivity index (χ3n) is 1.61. The van der Waals surface area contributed by atoms with Crippen molar-refractivity contribution in [2.24, 2.45) is 0 Å². The lowest BCUT2D eigenvalue weighted by atomic mass is 10.2. The van der Waals surface area contributed by atoms with Gasteiger partial charge in [0.25, 0.3) is 5.91 Å². The van der Waals surface area contributed by atoms with Gasteiger partial charge in [-0.1, -0.05) is 22.6 Å². The van der Waals surface area contributed by atoms with Gasteiger partial charge < -0.3 is 15.5 Å². The Kier molecular flexibility index (Phi) is 3.99. The van der Waals surface area contributed by atoms with Crippen LogP contribution in [0.2, 0.25) is 0 Å². The van der Waals surface area contributed by atoms with E-state index in [0.29, 0.717) is 6.54 Å². The fourth-order valence-corrected chi connectivity index (χ4v) is 1.24. The Morgan fingerprint density at radius 1 is 1.43 bits per heavy atom. The molecular weight excluding hydrogens is 297 g/mol. The zero-order valence-electron chi connectivity index (χ0n) is 7.33. The number of amides is 1. The molecule has 76 valence electrons. The van der Waals surface area contributed by atoms with Gasteiger partial charge in [0.05, 0.1) is 5.56 Å². The van der Waals surface area contributed by atoms with E-state index < -0.39 is 0 Å². The number of phenolic OH excluding ortho intramolecular Hbond substituents is 2. The maximum atomic E-state index is 11.4. The number of nitrogens with one attached hydrogen (secondary N) is 1. The normalized spacial score (nSPS) is 9.79. The molecule has 0 saturated heterocycles. The van der Waals surface area contributed by atoms with Gasteiger partial charge in [0.2, 0.25) is 0 Å². The third-order valence-corrected chi connectivity index (χ3v) is 2.15. The summed E-state index contributed by atoms with van der Waals surface area (Å²) in [4.78, 5) is 11.4. The maximum absolute atomic E-state index is 11.4. The predicted octanol–water partition coefficient (Wildman–Crippen LogP) is 1.26. The van der Waals surface area contributed by atoms with Crippen molar-refractivity contribution in [1.82, 2.24) is 5.32 Å². The first-order valence-corrected chi connectivity index (χ1v) is 5.54. The van der Waals surface area contributed by atoms with Gasteiger partial charge in [-0.2, -0.15) is 0 Å². The molecule has 0 aliphatic rings.